The molecule has 0 bridgehead atoms. The van der Waals surface area contributed by atoms with Crippen molar-refractivity contribution in [2.45, 2.75) is 13.3 Å². The summed E-state index contributed by atoms with van der Waals surface area (Å²) < 4.78 is 0. The Kier molecular flexibility index (Phi) is 7.95. The van der Waals surface area contributed by atoms with Crippen molar-refractivity contribution in [3.63, 3.8) is 0 Å². The first-order valence-corrected chi connectivity index (χ1v) is 10.3. The minimum Gasteiger partial charge on any atom is -0.350 e. The maximum Gasteiger partial charge on any atom is 0.267 e. The maximum atomic E-state index is 12.8. The number of allylic oxidation sites excluding steroid dienone is 2. The van der Waals surface area contributed by atoms with Gasteiger partial charge in [-0.25, -0.2) is 0 Å². The molecule has 0 saturated heterocycles. The van der Waals surface area contributed by atoms with E-state index in [4.69, 9.17) is 0 Å². The quantitative estimate of drug-likeness (QED) is 0.418. The largest absolute Gasteiger partial charge is 0.350 e. The Morgan fingerprint density at radius 3 is 2.16 bits per heavy atom. The summed E-state index contributed by atoms with van der Waals surface area (Å²) in [6.45, 7) is 2.44. The van der Waals surface area contributed by atoms with E-state index in [1.165, 1.54) is 0 Å². The zero-order chi connectivity index (χ0) is 21.9. The van der Waals surface area contributed by atoms with Crippen LogP contribution in [0.5, 0.6) is 0 Å². The van der Waals surface area contributed by atoms with E-state index in [2.05, 4.69) is 10.6 Å². The van der Waals surface area contributed by atoms with Crippen molar-refractivity contribution in [3.8, 4) is 0 Å². The van der Waals surface area contributed by atoms with Crippen LogP contribution in [0, 0.1) is 6.92 Å². The third kappa shape index (κ3) is 7.12. The van der Waals surface area contributed by atoms with Gasteiger partial charge in [-0.05, 0) is 42.7 Å². The summed E-state index contributed by atoms with van der Waals surface area (Å²) in [4.78, 5) is 25.4. The average Bonchev–Trinajstić information content (AvgIpc) is 2.80. The van der Waals surface area contributed by atoms with E-state index in [1.807, 2.05) is 85.8 Å². The van der Waals surface area contributed by atoms with E-state index < -0.39 is 0 Å². The van der Waals surface area contributed by atoms with E-state index in [0.29, 0.717) is 18.5 Å². The second-order valence-electron chi connectivity index (χ2n) is 7.16. The van der Waals surface area contributed by atoms with Crippen molar-refractivity contribution < 1.29 is 9.59 Å². The number of carbonyl (C=O) groups is 2. The van der Waals surface area contributed by atoms with Crippen LogP contribution in [0.1, 0.15) is 27.0 Å². The van der Waals surface area contributed by atoms with Gasteiger partial charge in [0.1, 0.15) is 5.70 Å². The van der Waals surface area contributed by atoms with E-state index in [9.17, 15) is 9.59 Å². The number of benzene rings is 3. The SMILES string of the molecule is Cc1ccc(C(=O)N/C(=C/C=C/c2ccccc2)C(=O)NCCc2ccccc2)cc1. The van der Waals surface area contributed by atoms with Crippen LogP contribution in [-0.2, 0) is 11.2 Å². The highest BCUT2D eigenvalue weighted by molar-refractivity contribution is 6.03. The predicted octanol–water partition coefficient (Wildman–Crippen LogP) is 4.68. The minimum absolute atomic E-state index is 0.200. The Labute approximate surface area is 183 Å². The second-order valence-corrected chi connectivity index (χ2v) is 7.16. The van der Waals surface area contributed by atoms with Crippen LogP contribution in [0.15, 0.2) is 103 Å². The summed E-state index contributed by atoms with van der Waals surface area (Å²) in [5.41, 5.74) is 3.91. The lowest BCUT2D eigenvalue weighted by molar-refractivity contribution is -0.117. The Hall–Kier alpha value is -3.92. The summed E-state index contributed by atoms with van der Waals surface area (Å²) in [6.07, 6.45) is 5.98. The summed E-state index contributed by atoms with van der Waals surface area (Å²) in [6, 6.07) is 26.9. The Morgan fingerprint density at radius 2 is 1.48 bits per heavy atom. The summed E-state index contributed by atoms with van der Waals surface area (Å²) >= 11 is 0. The Bertz CT molecular complexity index is 1050. The lowest BCUT2D eigenvalue weighted by Crippen LogP contribution is -2.35. The number of aryl methyl sites for hydroxylation is 1. The normalized spacial score (nSPS) is 11.3. The van der Waals surface area contributed by atoms with Crippen molar-refractivity contribution in [1.82, 2.24) is 10.6 Å². The summed E-state index contributed by atoms with van der Waals surface area (Å²) in [5.74, 6) is -0.647. The maximum absolute atomic E-state index is 12.8. The molecule has 0 aliphatic rings. The standard InChI is InChI=1S/C27H26N2O2/c1-21-15-17-24(18-16-21)26(30)29-25(14-8-13-22-9-4-2-5-10-22)27(31)28-20-19-23-11-6-3-7-12-23/h2-18H,19-20H2,1H3,(H,28,31)(H,29,30)/b13-8+,25-14+. The molecule has 0 unspecified atom stereocenters. The molecule has 0 aromatic heterocycles. The van der Waals surface area contributed by atoms with E-state index in [0.717, 1.165) is 16.7 Å². The molecule has 0 radical (unpaired) electrons. The molecule has 3 aromatic rings. The van der Waals surface area contributed by atoms with Gasteiger partial charge in [0.15, 0.2) is 0 Å². The molecule has 0 aliphatic carbocycles. The average molecular weight is 411 g/mol. The van der Waals surface area contributed by atoms with Crippen LogP contribution in [0.25, 0.3) is 6.08 Å². The van der Waals surface area contributed by atoms with Crippen molar-refractivity contribution in [3.05, 3.63) is 125 Å². The van der Waals surface area contributed by atoms with Crippen LogP contribution in [0.3, 0.4) is 0 Å². The fourth-order valence-electron chi connectivity index (χ4n) is 2.95. The number of rotatable bonds is 8. The van der Waals surface area contributed by atoms with Gasteiger partial charge in [-0.1, -0.05) is 90.5 Å². The van der Waals surface area contributed by atoms with Crippen molar-refractivity contribution in [1.29, 1.82) is 0 Å². The zero-order valence-corrected chi connectivity index (χ0v) is 17.5. The highest BCUT2D eigenvalue weighted by atomic mass is 16.2. The van der Waals surface area contributed by atoms with Gasteiger partial charge >= 0.3 is 0 Å². The first kappa shape index (κ1) is 21.8. The van der Waals surface area contributed by atoms with E-state index in [-0.39, 0.29) is 17.5 Å². The predicted molar refractivity (Wildman–Crippen MR) is 125 cm³/mol. The van der Waals surface area contributed by atoms with Gasteiger partial charge in [0.05, 0.1) is 0 Å². The zero-order valence-electron chi connectivity index (χ0n) is 17.5. The third-order valence-corrected chi connectivity index (χ3v) is 4.70. The van der Waals surface area contributed by atoms with Gasteiger partial charge in [-0.15, -0.1) is 0 Å². The van der Waals surface area contributed by atoms with Crippen molar-refractivity contribution in [2.24, 2.45) is 0 Å². The van der Waals surface area contributed by atoms with Crippen LogP contribution >= 0.6 is 0 Å². The second kappa shape index (κ2) is 11.3. The van der Waals surface area contributed by atoms with E-state index >= 15 is 0 Å². The molecule has 0 fully saturated rings. The monoisotopic (exact) mass is 410 g/mol. The molecule has 4 heteroatoms. The lowest BCUT2D eigenvalue weighted by Gasteiger charge is -2.11. The molecule has 0 atom stereocenters. The van der Waals surface area contributed by atoms with Crippen molar-refractivity contribution >= 4 is 17.9 Å². The van der Waals surface area contributed by atoms with Gasteiger partial charge in [0, 0.05) is 12.1 Å². The highest BCUT2D eigenvalue weighted by Crippen LogP contribution is 2.06. The molecule has 2 amide bonds. The molecule has 4 nitrogen and oxygen atoms in total. The molecule has 3 rings (SSSR count). The van der Waals surface area contributed by atoms with Crippen LogP contribution in [0.4, 0.5) is 0 Å². The third-order valence-electron chi connectivity index (χ3n) is 4.70. The first-order valence-electron chi connectivity index (χ1n) is 10.3. The van der Waals surface area contributed by atoms with Gasteiger partial charge in [-0.3, -0.25) is 9.59 Å². The first-order chi connectivity index (χ1) is 15.1. The Morgan fingerprint density at radius 1 is 0.839 bits per heavy atom. The fraction of sp³-hybridized carbons (Fsp3) is 0.111. The molecule has 0 heterocycles. The molecule has 0 spiro atoms. The number of nitrogens with one attached hydrogen (secondary N) is 2. The summed E-state index contributed by atoms with van der Waals surface area (Å²) in [5, 5.41) is 5.64. The minimum atomic E-state index is -0.325. The van der Waals surface area contributed by atoms with Crippen LogP contribution in [0.2, 0.25) is 0 Å². The highest BCUT2D eigenvalue weighted by Gasteiger charge is 2.13. The molecule has 0 aliphatic heterocycles. The smallest absolute Gasteiger partial charge is 0.267 e. The number of carbonyl (C=O) groups excluding carboxylic acids is 2. The van der Waals surface area contributed by atoms with Crippen LogP contribution in [-0.4, -0.2) is 18.4 Å². The topological polar surface area (TPSA) is 58.2 Å². The van der Waals surface area contributed by atoms with Gasteiger partial charge < -0.3 is 10.6 Å². The van der Waals surface area contributed by atoms with Gasteiger partial charge in [0.25, 0.3) is 11.8 Å². The summed E-state index contributed by atoms with van der Waals surface area (Å²) in [7, 11) is 0. The molecular formula is C27H26N2O2. The van der Waals surface area contributed by atoms with Gasteiger partial charge in [-0.2, -0.15) is 0 Å². The molecule has 3 aromatic carbocycles. The Balaban J connectivity index is 1.70. The molecule has 2 N–H and O–H groups in total. The molecule has 156 valence electrons. The number of amides is 2. The number of hydrogen-bond acceptors (Lipinski definition) is 2. The molecule has 0 saturated carbocycles. The van der Waals surface area contributed by atoms with Crippen LogP contribution < -0.4 is 10.6 Å². The molecular weight excluding hydrogens is 384 g/mol. The molecule has 31 heavy (non-hydrogen) atoms. The van der Waals surface area contributed by atoms with Crippen molar-refractivity contribution in [2.75, 3.05) is 6.54 Å². The fourth-order valence-corrected chi connectivity index (χ4v) is 2.95. The number of hydrogen-bond donors (Lipinski definition) is 2. The lowest BCUT2D eigenvalue weighted by atomic mass is 10.1. The van der Waals surface area contributed by atoms with Gasteiger partial charge in [0.2, 0.25) is 0 Å². The van der Waals surface area contributed by atoms with E-state index in [1.54, 1.807) is 24.3 Å².